The molecule has 0 radical (unpaired) electrons. The number of likely N-dealkylation sites (N-methyl/N-ethyl adjacent to an activating group) is 1. The third-order valence-corrected chi connectivity index (χ3v) is 6.60. The number of amides is 1. The molecular weight excluding hydrogens is 382 g/mol. The fraction of sp³-hybridized carbons (Fsp3) is 0.545. The predicted molar refractivity (Wildman–Crippen MR) is 109 cm³/mol. The zero-order chi connectivity index (χ0) is 20.3. The number of nitrogens with one attached hydrogen (secondary N) is 1. The molecule has 2 aromatic rings. The van der Waals surface area contributed by atoms with E-state index in [1.165, 1.54) is 0 Å². The molecule has 3 heterocycles. The summed E-state index contributed by atoms with van der Waals surface area (Å²) in [6.45, 7) is 1.54. The number of anilines is 1. The van der Waals surface area contributed by atoms with E-state index in [1.807, 2.05) is 24.1 Å². The van der Waals surface area contributed by atoms with Gasteiger partial charge in [-0.3, -0.25) is 9.78 Å². The molecule has 0 bridgehead atoms. The molecule has 6 rings (SSSR count). The molecule has 8 nitrogen and oxygen atoms in total. The molecule has 30 heavy (non-hydrogen) atoms. The summed E-state index contributed by atoms with van der Waals surface area (Å²) in [5.74, 6) is 2.96. The normalized spacial score (nSPS) is 25.7. The van der Waals surface area contributed by atoms with Gasteiger partial charge >= 0.3 is 0 Å². The Labute approximate surface area is 175 Å². The fourth-order valence-corrected chi connectivity index (χ4v) is 4.44. The molecule has 4 aliphatic rings. The van der Waals surface area contributed by atoms with Gasteiger partial charge in [-0.25, -0.2) is 9.97 Å². The second-order valence-corrected chi connectivity index (χ2v) is 8.97. The molecule has 0 unspecified atom stereocenters. The number of hydrogen-bond donors (Lipinski definition) is 1. The SMILES string of the molecule is CN(CC(=O)NC12CC1C2)c1nc(-c2cc(OC3COC3)ccn2)nc2c1CCC2. The molecule has 1 amide bonds. The lowest BCUT2D eigenvalue weighted by Crippen LogP contribution is -2.39. The van der Waals surface area contributed by atoms with E-state index in [0.717, 1.165) is 60.8 Å². The van der Waals surface area contributed by atoms with Crippen LogP contribution >= 0.6 is 0 Å². The number of rotatable bonds is 7. The topological polar surface area (TPSA) is 89.5 Å². The van der Waals surface area contributed by atoms with Crippen LogP contribution in [0.15, 0.2) is 18.3 Å². The minimum atomic E-state index is 0.0700. The molecule has 0 atom stereocenters. The number of nitrogens with zero attached hydrogens (tertiary/aromatic N) is 4. The Hall–Kier alpha value is -2.74. The number of pyridine rings is 1. The van der Waals surface area contributed by atoms with Crippen LogP contribution < -0.4 is 15.0 Å². The Balaban J connectivity index is 1.26. The lowest BCUT2D eigenvalue weighted by molar-refractivity contribution is -0.120. The van der Waals surface area contributed by atoms with E-state index in [1.54, 1.807) is 6.20 Å². The van der Waals surface area contributed by atoms with Crippen molar-refractivity contribution in [1.29, 1.82) is 0 Å². The van der Waals surface area contributed by atoms with E-state index in [9.17, 15) is 4.79 Å². The molecule has 1 aliphatic heterocycles. The van der Waals surface area contributed by atoms with Gasteiger partial charge in [0.25, 0.3) is 0 Å². The van der Waals surface area contributed by atoms with Gasteiger partial charge in [-0.1, -0.05) is 0 Å². The van der Waals surface area contributed by atoms with Crippen molar-refractivity contribution in [3.8, 4) is 17.3 Å². The number of hydrogen-bond acceptors (Lipinski definition) is 7. The van der Waals surface area contributed by atoms with Gasteiger partial charge in [0.15, 0.2) is 5.82 Å². The molecule has 156 valence electrons. The summed E-state index contributed by atoms with van der Waals surface area (Å²) in [6.07, 6.45) is 7.04. The number of ether oxygens (including phenoxy) is 2. The monoisotopic (exact) mass is 407 g/mol. The smallest absolute Gasteiger partial charge is 0.240 e. The van der Waals surface area contributed by atoms with Crippen LogP contribution in [0, 0.1) is 5.92 Å². The molecule has 2 saturated carbocycles. The molecule has 1 saturated heterocycles. The third-order valence-electron chi connectivity index (χ3n) is 6.60. The van der Waals surface area contributed by atoms with Crippen molar-refractivity contribution in [1.82, 2.24) is 20.3 Å². The number of aromatic nitrogens is 3. The maximum Gasteiger partial charge on any atom is 0.240 e. The summed E-state index contributed by atoms with van der Waals surface area (Å²) in [4.78, 5) is 28.6. The zero-order valence-electron chi connectivity index (χ0n) is 17.1. The maximum atomic E-state index is 12.5. The summed E-state index contributed by atoms with van der Waals surface area (Å²) >= 11 is 0. The van der Waals surface area contributed by atoms with Crippen LogP contribution in [0.2, 0.25) is 0 Å². The maximum absolute atomic E-state index is 12.5. The van der Waals surface area contributed by atoms with Crippen LogP contribution in [0.5, 0.6) is 5.75 Å². The largest absolute Gasteiger partial charge is 0.485 e. The summed E-state index contributed by atoms with van der Waals surface area (Å²) in [5, 5.41) is 3.19. The van der Waals surface area contributed by atoms with E-state index >= 15 is 0 Å². The summed E-state index contributed by atoms with van der Waals surface area (Å²) in [7, 11) is 1.93. The van der Waals surface area contributed by atoms with Crippen LogP contribution in [-0.4, -0.2) is 59.3 Å². The van der Waals surface area contributed by atoms with E-state index in [0.29, 0.717) is 31.3 Å². The van der Waals surface area contributed by atoms with Gasteiger partial charge in [-0.05, 0) is 44.1 Å². The summed E-state index contributed by atoms with van der Waals surface area (Å²) in [6, 6.07) is 3.72. The fourth-order valence-electron chi connectivity index (χ4n) is 4.44. The molecule has 8 heteroatoms. The molecule has 0 aromatic carbocycles. The van der Waals surface area contributed by atoms with Gasteiger partial charge in [0.05, 0.1) is 19.8 Å². The van der Waals surface area contributed by atoms with Crippen molar-refractivity contribution < 1.29 is 14.3 Å². The van der Waals surface area contributed by atoms with Crippen molar-refractivity contribution >= 4 is 11.7 Å². The molecular formula is C22H25N5O3. The second kappa shape index (κ2) is 6.63. The van der Waals surface area contributed by atoms with Crippen LogP contribution in [0.4, 0.5) is 5.82 Å². The first-order valence-electron chi connectivity index (χ1n) is 10.7. The Morgan fingerprint density at radius 2 is 2.17 bits per heavy atom. The van der Waals surface area contributed by atoms with Crippen molar-refractivity contribution in [3.63, 3.8) is 0 Å². The van der Waals surface area contributed by atoms with Gasteiger partial charge in [0.1, 0.15) is 23.4 Å². The van der Waals surface area contributed by atoms with Gasteiger partial charge in [-0.15, -0.1) is 0 Å². The third kappa shape index (κ3) is 3.19. The molecule has 1 N–H and O–H groups in total. The highest BCUT2D eigenvalue weighted by Gasteiger charge is 2.70. The van der Waals surface area contributed by atoms with Crippen molar-refractivity contribution in [2.45, 2.75) is 43.7 Å². The summed E-state index contributed by atoms with van der Waals surface area (Å²) < 4.78 is 11.1. The second-order valence-electron chi connectivity index (χ2n) is 8.97. The van der Waals surface area contributed by atoms with Crippen LogP contribution in [-0.2, 0) is 22.4 Å². The van der Waals surface area contributed by atoms with E-state index in [4.69, 9.17) is 19.4 Å². The Kier molecular flexibility index (Phi) is 3.99. The first-order chi connectivity index (χ1) is 14.6. The van der Waals surface area contributed by atoms with E-state index in [2.05, 4.69) is 10.3 Å². The molecule has 3 fully saturated rings. The number of fused-ring (bicyclic) bond motifs is 2. The minimum absolute atomic E-state index is 0.0700. The lowest BCUT2D eigenvalue weighted by atomic mass is 10.2. The predicted octanol–water partition coefficient (Wildman–Crippen LogP) is 1.52. The molecule has 2 aromatic heterocycles. The van der Waals surface area contributed by atoms with Gasteiger partial charge in [0.2, 0.25) is 5.91 Å². The zero-order valence-corrected chi connectivity index (χ0v) is 17.1. The van der Waals surface area contributed by atoms with Crippen LogP contribution in [0.1, 0.15) is 30.5 Å². The van der Waals surface area contributed by atoms with Gasteiger partial charge in [0, 0.05) is 36.1 Å². The minimum Gasteiger partial charge on any atom is -0.485 e. The number of carbonyl (C=O) groups excluding carboxylic acids is 1. The first-order valence-corrected chi connectivity index (χ1v) is 10.7. The highest BCUT2D eigenvalue weighted by atomic mass is 16.6. The van der Waals surface area contributed by atoms with E-state index < -0.39 is 0 Å². The number of carbonyl (C=O) groups is 1. The highest BCUT2D eigenvalue weighted by Crippen LogP contribution is 2.66. The Morgan fingerprint density at radius 3 is 2.90 bits per heavy atom. The average Bonchev–Trinajstić information content (AvgIpc) is 3.47. The Morgan fingerprint density at radius 1 is 1.33 bits per heavy atom. The first kappa shape index (κ1) is 18.1. The van der Waals surface area contributed by atoms with Gasteiger partial charge in [-0.2, -0.15) is 0 Å². The molecule has 0 spiro atoms. The van der Waals surface area contributed by atoms with Crippen molar-refractivity contribution in [3.05, 3.63) is 29.6 Å². The lowest BCUT2D eigenvalue weighted by Gasteiger charge is -2.26. The standard InChI is InChI=1S/C22H25N5O3/c1-27(10-19(28)26-22-8-13(22)9-22)21-16-3-2-4-17(16)24-20(25-21)18-7-14(5-6-23-18)30-15-11-29-12-15/h5-7,13,15H,2-4,8-12H2,1H3,(H,26,28). The van der Waals surface area contributed by atoms with Gasteiger partial charge < -0.3 is 19.7 Å². The quantitative estimate of drug-likeness (QED) is 0.744. The Bertz CT molecular complexity index is 1020. The van der Waals surface area contributed by atoms with Crippen LogP contribution in [0.25, 0.3) is 11.5 Å². The average molecular weight is 407 g/mol. The van der Waals surface area contributed by atoms with Crippen molar-refractivity contribution in [2.24, 2.45) is 5.92 Å². The van der Waals surface area contributed by atoms with Crippen molar-refractivity contribution in [2.75, 3.05) is 31.7 Å². The summed E-state index contributed by atoms with van der Waals surface area (Å²) in [5.41, 5.74) is 3.04. The van der Waals surface area contributed by atoms with Crippen LogP contribution in [0.3, 0.4) is 0 Å². The molecule has 3 aliphatic carbocycles. The number of aryl methyl sites for hydroxylation is 1. The van der Waals surface area contributed by atoms with E-state index in [-0.39, 0.29) is 17.6 Å². The highest BCUT2D eigenvalue weighted by molar-refractivity contribution is 5.83.